The summed E-state index contributed by atoms with van der Waals surface area (Å²) < 4.78 is 52.5. The van der Waals surface area contributed by atoms with E-state index in [1.165, 1.54) is 42.2 Å². The molecule has 33 heavy (non-hydrogen) atoms. The average Bonchev–Trinajstić information content (AvgIpc) is 2.71. The minimum Gasteiger partial charge on any atom is -0.352 e. The zero-order chi connectivity index (χ0) is 24.9. The molecule has 0 aliphatic rings. The molecule has 0 aromatic heterocycles. The van der Waals surface area contributed by atoms with Gasteiger partial charge in [-0.3, -0.25) is 13.9 Å². The van der Waals surface area contributed by atoms with Gasteiger partial charge < -0.3 is 10.2 Å². The van der Waals surface area contributed by atoms with E-state index in [1.807, 2.05) is 0 Å². The van der Waals surface area contributed by atoms with Crippen molar-refractivity contribution in [2.75, 3.05) is 17.1 Å². The molecule has 0 spiro atoms. The third-order valence-corrected chi connectivity index (χ3v) is 6.17. The Morgan fingerprint density at radius 2 is 1.67 bits per heavy atom. The fourth-order valence-corrected chi connectivity index (χ4v) is 4.04. The highest BCUT2D eigenvalue weighted by Gasteiger charge is 2.30. The normalized spacial score (nSPS) is 12.4. The Morgan fingerprint density at radius 1 is 1.06 bits per heavy atom. The molecule has 1 unspecified atom stereocenters. The van der Waals surface area contributed by atoms with Crippen molar-refractivity contribution in [1.82, 2.24) is 10.2 Å². The summed E-state index contributed by atoms with van der Waals surface area (Å²) in [6.45, 7) is 4.33. The second-order valence-electron chi connectivity index (χ2n) is 7.86. The number of anilines is 1. The summed E-state index contributed by atoms with van der Waals surface area (Å²) in [5.74, 6) is -2.32. The summed E-state index contributed by atoms with van der Waals surface area (Å²) in [5, 5.41) is 2.41. The van der Waals surface area contributed by atoms with Crippen molar-refractivity contribution >= 4 is 39.1 Å². The molecule has 2 aromatic rings. The third kappa shape index (κ3) is 7.40. The van der Waals surface area contributed by atoms with Gasteiger partial charge in [-0.2, -0.15) is 0 Å². The van der Waals surface area contributed by atoms with Gasteiger partial charge in [0.25, 0.3) is 0 Å². The van der Waals surface area contributed by atoms with Crippen LogP contribution in [0.4, 0.5) is 14.5 Å². The molecule has 11 heteroatoms. The molecular weight excluding hydrogens is 476 g/mol. The molecule has 0 heterocycles. The fourth-order valence-electron chi connectivity index (χ4n) is 3.03. The standard InChI is InChI=1S/C22H26ClF2N3O4S/c1-14(2)26-22(30)15(3)27(12-16-5-7-17(24)8-6-16)21(29)13-28(33(4,31)32)18-9-10-20(25)19(23)11-18/h5-11,14-15H,12-13H2,1-4H3,(H,26,30). The smallest absolute Gasteiger partial charge is 0.244 e. The topological polar surface area (TPSA) is 86.8 Å². The number of benzene rings is 2. The van der Waals surface area contributed by atoms with Crippen LogP contribution in [0.3, 0.4) is 0 Å². The van der Waals surface area contributed by atoms with Crippen LogP contribution in [-0.2, 0) is 26.2 Å². The monoisotopic (exact) mass is 501 g/mol. The van der Waals surface area contributed by atoms with Crippen LogP contribution in [0, 0.1) is 11.6 Å². The fraction of sp³-hybridized carbons (Fsp3) is 0.364. The number of hydrogen-bond donors (Lipinski definition) is 1. The van der Waals surface area contributed by atoms with Crippen LogP contribution in [0.1, 0.15) is 26.3 Å². The summed E-state index contributed by atoms with van der Waals surface area (Å²) in [6.07, 6.45) is 0.900. The highest BCUT2D eigenvalue weighted by molar-refractivity contribution is 7.92. The van der Waals surface area contributed by atoms with Gasteiger partial charge in [-0.1, -0.05) is 23.7 Å². The summed E-state index contributed by atoms with van der Waals surface area (Å²) in [5.41, 5.74) is 0.544. The first-order chi connectivity index (χ1) is 15.3. The number of carbonyl (C=O) groups excluding carboxylic acids is 2. The lowest BCUT2D eigenvalue weighted by atomic mass is 10.1. The summed E-state index contributed by atoms with van der Waals surface area (Å²) in [6, 6.07) is 7.53. The maximum atomic E-state index is 13.6. The molecular formula is C22H26ClF2N3O4S. The maximum Gasteiger partial charge on any atom is 0.244 e. The SMILES string of the molecule is CC(C)NC(=O)C(C)N(Cc1ccc(F)cc1)C(=O)CN(c1ccc(F)c(Cl)c1)S(C)(=O)=O. The van der Waals surface area contributed by atoms with Crippen LogP contribution < -0.4 is 9.62 Å². The minimum atomic E-state index is -3.96. The number of amides is 2. The number of sulfonamides is 1. The first-order valence-electron chi connectivity index (χ1n) is 10.1. The van der Waals surface area contributed by atoms with Crippen molar-refractivity contribution < 1.29 is 26.8 Å². The first kappa shape index (κ1) is 26.5. The van der Waals surface area contributed by atoms with Gasteiger partial charge in [-0.25, -0.2) is 17.2 Å². The van der Waals surface area contributed by atoms with E-state index >= 15 is 0 Å². The highest BCUT2D eigenvalue weighted by Crippen LogP contribution is 2.25. The van der Waals surface area contributed by atoms with Crippen molar-refractivity contribution in [3.8, 4) is 0 Å². The van der Waals surface area contributed by atoms with E-state index < -0.39 is 46.1 Å². The van der Waals surface area contributed by atoms with Gasteiger partial charge in [-0.05, 0) is 56.7 Å². The zero-order valence-electron chi connectivity index (χ0n) is 18.7. The summed E-state index contributed by atoms with van der Waals surface area (Å²) >= 11 is 5.79. The molecule has 2 rings (SSSR count). The van der Waals surface area contributed by atoms with E-state index in [9.17, 15) is 26.8 Å². The van der Waals surface area contributed by atoms with Gasteiger partial charge in [-0.15, -0.1) is 0 Å². The summed E-state index contributed by atoms with van der Waals surface area (Å²) in [4.78, 5) is 27.1. The van der Waals surface area contributed by atoms with Crippen molar-refractivity contribution in [2.24, 2.45) is 0 Å². The van der Waals surface area contributed by atoms with E-state index in [0.29, 0.717) is 5.56 Å². The predicted molar refractivity (Wildman–Crippen MR) is 123 cm³/mol. The van der Waals surface area contributed by atoms with E-state index in [2.05, 4.69) is 5.32 Å². The van der Waals surface area contributed by atoms with Crippen LogP contribution in [0.5, 0.6) is 0 Å². The molecule has 7 nitrogen and oxygen atoms in total. The molecule has 1 atom stereocenters. The maximum absolute atomic E-state index is 13.6. The summed E-state index contributed by atoms with van der Waals surface area (Å²) in [7, 11) is -3.96. The lowest BCUT2D eigenvalue weighted by Crippen LogP contribution is -2.52. The minimum absolute atomic E-state index is 0.00160. The molecule has 0 radical (unpaired) electrons. The number of nitrogens with zero attached hydrogens (tertiary/aromatic N) is 2. The van der Waals surface area contributed by atoms with Crippen LogP contribution in [0.25, 0.3) is 0 Å². The van der Waals surface area contributed by atoms with E-state index in [0.717, 1.165) is 22.7 Å². The van der Waals surface area contributed by atoms with Crippen LogP contribution >= 0.6 is 11.6 Å². The van der Waals surface area contributed by atoms with Gasteiger partial charge in [0.15, 0.2) is 0 Å². The Morgan fingerprint density at radius 3 is 2.18 bits per heavy atom. The van der Waals surface area contributed by atoms with Crippen LogP contribution in [-0.4, -0.2) is 50.0 Å². The Kier molecular flexibility index (Phi) is 8.79. The molecule has 0 bridgehead atoms. The number of rotatable bonds is 9. The molecule has 0 fully saturated rings. The second kappa shape index (κ2) is 10.9. The Bertz CT molecular complexity index is 1110. The first-order valence-corrected chi connectivity index (χ1v) is 12.3. The molecule has 2 amide bonds. The Labute approximate surface area is 197 Å². The lowest BCUT2D eigenvalue weighted by Gasteiger charge is -2.32. The third-order valence-electron chi connectivity index (χ3n) is 4.73. The van der Waals surface area contributed by atoms with Gasteiger partial charge in [0, 0.05) is 12.6 Å². The molecule has 0 aliphatic carbocycles. The number of carbonyl (C=O) groups is 2. The van der Waals surface area contributed by atoms with Crippen LogP contribution in [0.15, 0.2) is 42.5 Å². The van der Waals surface area contributed by atoms with Gasteiger partial charge in [0.1, 0.15) is 24.2 Å². The average molecular weight is 502 g/mol. The van der Waals surface area contributed by atoms with E-state index in [1.54, 1.807) is 13.8 Å². The molecule has 0 aliphatic heterocycles. The van der Waals surface area contributed by atoms with Crippen molar-refractivity contribution in [3.05, 3.63) is 64.7 Å². The van der Waals surface area contributed by atoms with Crippen LogP contribution in [0.2, 0.25) is 5.02 Å². The number of nitrogens with one attached hydrogen (secondary N) is 1. The molecule has 1 N–H and O–H groups in total. The van der Waals surface area contributed by atoms with Gasteiger partial charge in [0.2, 0.25) is 21.8 Å². The Balaban J connectivity index is 2.40. The molecule has 180 valence electrons. The molecule has 2 aromatic carbocycles. The largest absolute Gasteiger partial charge is 0.352 e. The van der Waals surface area contributed by atoms with Crippen molar-refractivity contribution in [2.45, 2.75) is 39.4 Å². The van der Waals surface area contributed by atoms with E-state index in [4.69, 9.17) is 11.6 Å². The van der Waals surface area contributed by atoms with Gasteiger partial charge >= 0.3 is 0 Å². The lowest BCUT2D eigenvalue weighted by molar-refractivity contribution is -0.139. The molecule has 0 saturated heterocycles. The Hall–Kier alpha value is -2.72. The van der Waals surface area contributed by atoms with Gasteiger partial charge in [0.05, 0.1) is 17.0 Å². The highest BCUT2D eigenvalue weighted by atomic mass is 35.5. The number of hydrogen-bond acceptors (Lipinski definition) is 4. The van der Waals surface area contributed by atoms with E-state index in [-0.39, 0.29) is 23.3 Å². The predicted octanol–water partition coefficient (Wildman–Crippen LogP) is 3.33. The van der Waals surface area contributed by atoms with Crippen molar-refractivity contribution in [1.29, 1.82) is 0 Å². The molecule has 0 saturated carbocycles. The quantitative estimate of drug-likeness (QED) is 0.571. The van der Waals surface area contributed by atoms with Crippen molar-refractivity contribution in [3.63, 3.8) is 0 Å². The second-order valence-corrected chi connectivity index (χ2v) is 10.2. The zero-order valence-corrected chi connectivity index (χ0v) is 20.3. The number of halogens is 3.